The average Bonchev–Trinajstić information content (AvgIpc) is 3.44. The van der Waals surface area contributed by atoms with E-state index >= 15 is 8.78 Å². The van der Waals surface area contributed by atoms with Gasteiger partial charge in [0.2, 0.25) is 11.8 Å². The Morgan fingerprint density at radius 2 is 1.79 bits per heavy atom. The molecule has 4 aromatic rings. The number of nitrogens with zero attached hydrogens (tertiary/aromatic N) is 3. The molecule has 0 saturated heterocycles. The minimum Gasteiger partial charge on any atom is -0.378 e. The van der Waals surface area contributed by atoms with Crippen molar-refractivity contribution >= 4 is 23.4 Å². The van der Waals surface area contributed by atoms with Gasteiger partial charge in [0.25, 0.3) is 0 Å². The highest BCUT2D eigenvalue weighted by Gasteiger charge is 2.62. The first-order chi connectivity index (χ1) is 24.2. The molecule has 2 aliphatic carbocycles. The number of nitrogens with two attached hydrogens (primary N) is 1. The van der Waals surface area contributed by atoms with E-state index in [0.29, 0.717) is 6.07 Å². The van der Waals surface area contributed by atoms with E-state index in [1.165, 1.54) is 44.2 Å². The van der Waals surface area contributed by atoms with Gasteiger partial charge in [-0.15, -0.1) is 0 Å². The van der Waals surface area contributed by atoms with Crippen LogP contribution >= 0.6 is 11.6 Å². The molecule has 16 heteroatoms. The maximum Gasteiger partial charge on any atom is 0.435 e. The minimum atomic E-state index is -5.14. The number of aliphatic hydroxyl groups is 1. The number of carbonyl (C=O) groups excluding carboxylic acids is 2. The predicted molar refractivity (Wildman–Crippen MR) is 172 cm³/mol. The molecule has 0 aliphatic heterocycles. The number of nitrogens with one attached hydrogen (secondary N) is 1. The predicted octanol–water partition coefficient (Wildman–Crippen LogP) is 6.04. The van der Waals surface area contributed by atoms with Gasteiger partial charge in [-0.2, -0.15) is 27.1 Å². The van der Waals surface area contributed by atoms with Gasteiger partial charge in [-0.1, -0.05) is 35.4 Å². The molecule has 0 saturated carbocycles. The van der Waals surface area contributed by atoms with E-state index in [-0.39, 0.29) is 43.3 Å². The van der Waals surface area contributed by atoms with Crippen LogP contribution in [0.2, 0.25) is 5.02 Å². The molecule has 2 aromatic heterocycles. The summed E-state index contributed by atoms with van der Waals surface area (Å²) in [5, 5.41) is 16.1. The third-order valence-corrected chi connectivity index (χ3v) is 8.62. The minimum absolute atomic E-state index is 0.00273. The Labute approximate surface area is 296 Å². The van der Waals surface area contributed by atoms with Crippen LogP contribution in [-0.2, 0) is 29.9 Å². The van der Waals surface area contributed by atoms with E-state index in [1.54, 1.807) is 0 Å². The topological polar surface area (TPSA) is 123 Å². The maximum atomic E-state index is 15.4. The van der Waals surface area contributed by atoms with Gasteiger partial charge in [0, 0.05) is 17.2 Å². The molecule has 1 unspecified atom stereocenters. The van der Waals surface area contributed by atoms with Crippen LogP contribution in [0.4, 0.5) is 30.7 Å². The van der Waals surface area contributed by atoms with Crippen LogP contribution in [0.3, 0.4) is 0 Å². The lowest BCUT2D eigenvalue weighted by molar-refractivity contribution is -0.142. The molecule has 2 amide bonds. The Morgan fingerprint density at radius 3 is 2.38 bits per heavy atom. The fourth-order valence-electron chi connectivity index (χ4n) is 6.09. The number of amides is 2. The van der Waals surface area contributed by atoms with Crippen molar-refractivity contribution in [1.82, 2.24) is 20.1 Å². The van der Waals surface area contributed by atoms with Crippen LogP contribution in [0.1, 0.15) is 70.1 Å². The Kier molecular flexibility index (Phi) is 9.10. The van der Waals surface area contributed by atoms with E-state index in [0.717, 1.165) is 12.1 Å². The molecule has 4 N–H and O–H groups in total. The second kappa shape index (κ2) is 13.0. The van der Waals surface area contributed by atoms with E-state index in [9.17, 15) is 36.6 Å². The number of pyridine rings is 1. The summed E-state index contributed by atoms with van der Waals surface area (Å²) < 4.78 is 102. The van der Waals surface area contributed by atoms with Gasteiger partial charge in [-0.25, -0.2) is 13.8 Å². The highest BCUT2D eigenvalue weighted by atomic mass is 35.5. The molecule has 2 aliphatic rings. The summed E-state index contributed by atoms with van der Waals surface area (Å²) in [5.74, 6) is -1.11. The van der Waals surface area contributed by atoms with Crippen molar-refractivity contribution in [2.75, 3.05) is 0 Å². The van der Waals surface area contributed by atoms with Gasteiger partial charge >= 0.3 is 12.1 Å². The molecule has 2 heterocycles. The first kappa shape index (κ1) is 36.4. The molecule has 0 bridgehead atoms. The SMILES string of the molecule is CC(C)(O)C#Cc1ccc(-c2ccc(Cl)c(C(N)=O)c2)c(C(Cc2cc(F)cc(F)c2)NC(=O)Cn2nc(C(F)(F)F)c3c2C(F)(F)[C@@H]2C#C[C@H]32)n1. The summed E-state index contributed by atoms with van der Waals surface area (Å²) in [6.07, 6.45) is -5.53. The third-order valence-electron chi connectivity index (χ3n) is 8.29. The number of hydrogen-bond donors (Lipinski definition) is 3. The Morgan fingerprint density at radius 1 is 1.10 bits per heavy atom. The van der Waals surface area contributed by atoms with Gasteiger partial charge in [-0.3, -0.25) is 14.3 Å². The zero-order valence-electron chi connectivity index (χ0n) is 27.0. The van der Waals surface area contributed by atoms with E-state index in [2.05, 4.69) is 39.1 Å². The summed E-state index contributed by atoms with van der Waals surface area (Å²) in [7, 11) is 0. The van der Waals surface area contributed by atoms with Crippen LogP contribution < -0.4 is 11.1 Å². The molecule has 0 fully saturated rings. The molecular formula is C36H25ClF7N5O3. The number of alkyl halides is 5. The Hall–Kier alpha value is -5.38. The van der Waals surface area contributed by atoms with Crippen LogP contribution in [0.5, 0.6) is 0 Å². The van der Waals surface area contributed by atoms with Gasteiger partial charge < -0.3 is 16.2 Å². The lowest BCUT2D eigenvalue weighted by Crippen LogP contribution is -2.36. The summed E-state index contributed by atoms with van der Waals surface area (Å²) in [5.41, 5.74) is 0.964. The van der Waals surface area contributed by atoms with Crippen molar-refractivity contribution in [2.24, 2.45) is 11.7 Å². The number of hydrogen-bond acceptors (Lipinski definition) is 5. The normalized spacial score (nSPS) is 17.4. The molecule has 3 atom stereocenters. The second-order valence-corrected chi connectivity index (χ2v) is 13.1. The van der Waals surface area contributed by atoms with Crippen LogP contribution in [-0.4, -0.2) is 37.3 Å². The highest BCUT2D eigenvalue weighted by molar-refractivity contribution is 6.33. The van der Waals surface area contributed by atoms with Gasteiger partial charge in [0.05, 0.1) is 28.2 Å². The van der Waals surface area contributed by atoms with Gasteiger partial charge in [0.15, 0.2) is 5.69 Å². The molecule has 268 valence electrons. The number of halogens is 8. The molecule has 0 radical (unpaired) electrons. The van der Waals surface area contributed by atoms with E-state index in [4.69, 9.17) is 17.3 Å². The van der Waals surface area contributed by atoms with Crippen molar-refractivity contribution in [3.05, 3.63) is 105 Å². The number of carbonyl (C=O) groups is 2. The Balaban J connectivity index is 1.47. The van der Waals surface area contributed by atoms with E-state index < -0.39 is 88.9 Å². The number of benzene rings is 2. The number of rotatable bonds is 8. The summed E-state index contributed by atoms with van der Waals surface area (Å²) in [6.45, 7) is 1.70. The zero-order chi connectivity index (χ0) is 37.9. The van der Waals surface area contributed by atoms with Crippen molar-refractivity contribution < 1.29 is 45.4 Å². The third kappa shape index (κ3) is 7.07. The van der Waals surface area contributed by atoms with Crippen LogP contribution in [0.25, 0.3) is 11.1 Å². The summed E-state index contributed by atoms with van der Waals surface area (Å²) in [4.78, 5) is 30.4. The average molecular weight is 744 g/mol. The fourth-order valence-corrected chi connectivity index (χ4v) is 6.30. The number of fused-ring (bicyclic) bond motifs is 3. The van der Waals surface area contributed by atoms with E-state index in [1.807, 2.05) is 0 Å². The lowest BCUT2D eigenvalue weighted by Gasteiger charge is -2.24. The smallest absolute Gasteiger partial charge is 0.378 e. The van der Waals surface area contributed by atoms with Gasteiger partial charge in [0.1, 0.15) is 41.1 Å². The molecule has 0 spiro atoms. The summed E-state index contributed by atoms with van der Waals surface area (Å²) in [6, 6.07) is 8.31. The van der Waals surface area contributed by atoms with Crippen molar-refractivity contribution in [3.63, 3.8) is 0 Å². The highest BCUT2D eigenvalue weighted by Crippen LogP contribution is 2.58. The second-order valence-electron chi connectivity index (χ2n) is 12.7. The molecule has 8 nitrogen and oxygen atoms in total. The van der Waals surface area contributed by atoms with Gasteiger partial charge in [-0.05, 0) is 73.7 Å². The quantitative estimate of drug-likeness (QED) is 0.150. The molecule has 52 heavy (non-hydrogen) atoms. The summed E-state index contributed by atoms with van der Waals surface area (Å²) >= 11 is 6.16. The fraction of sp³-hybridized carbons (Fsp3) is 0.278. The van der Waals surface area contributed by atoms with Crippen molar-refractivity contribution in [3.8, 4) is 34.8 Å². The van der Waals surface area contributed by atoms with Crippen LogP contribution in [0.15, 0.2) is 48.5 Å². The molecular weight excluding hydrogens is 719 g/mol. The zero-order valence-corrected chi connectivity index (χ0v) is 27.7. The first-order valence-electron chi connectivity index (χ1n) is 15.4. The molecule has 6 rings (SSSR count). The number of primary amides is 1. The largest absolute Gasteiger partial charge is 0.435 e. The first-order valence-corrected chi connectivity index (χ1v) is 15.8. The lowest BCUT2D eigenvalue weighted by atomic mass is 9.84. The monoisotopic (exact) mass is 743 g/mol. The van der Waals surface area contributed by atoms with Crippen LogP contribution in [0, 0.1) is 41.2 Å². The Bertz CT molecular complexity index is 2260. The molecule has 2 aromatic carbocycles. The van der Waals surface area contributed by atoms with Crippen molar-refractivity contribution in [1.29, 1.82) is 0 Å². The van der Waals surface area contributed by atoms with Crippen molar-refractivity contribution in [2.45, 2.75) is 56.5 Å². The maximum absolute atomic E-state index is 15.4. The standard InChI is InChI=1S/C36H25ClF7N5O3/c1-34(2,52)10-9-21-4-5-22(18-3-8-26(37)24(14-18)33(45)51)30(46-21)27(13-17-11-19(38)15-20(39)12-17)47-28(50)16-49-32-29(31(48-49)36(42,43)44)23-6-7-25(23)35(32,40)41/h3-5,8,11-12,14-15,23,25,27,52H,13,16H2,1-2H3,(H2,45,51)(H,47,50)/t23-,25+,27?/m0/s1. The number of aromatic nitrogens is 3.